The summed E-state index contributed by atoms with van der Waals surface area (Å²) in [5.41, 5.74) is -3.27. The van der Waals surface area contributed by atoms with Crippen LogP contribution in [-0.2, 0) is 18.6 Å². The second-order valence-electron chi connectivity index (χ2n) is 6.26. The van der Waals surface area contributed by atoms with E-state index in [4.69, 9.17) is 16.0 Å². The van der Waals surface area contributed by atoms with Gasteiger partial charge in [0.05, 0.1) is 5.56 Å². The molecule has 0 fully saturated rings. The third kappa shape index (κ3) is 3.49. The number of aromatic nitrogens is 3. The Labute approximate surface area is 146 Å². The van der Waals surface area contributed by atoms with E-state index >= 15 is 0 Å². The van der Waals surface area contributed by atoms with Crippen LogP contribution >= 0.6 is 11.6 Å². The number of allylic oxidation sites excluding steroid dienone is 1. The molecule has 0 radical (unpaired) electrons. The van der Waals surface area contributed by atoms with E-state index in [1.54, 1.807) is 26.8 Å². The molecular weight excluding hydrogens is 361 g/mol. The molecule has 0 bridgehead atoms. The Kier molecular flexibility index (Phi) is 4.61. The zero-order chi connectivity index (χ0) is 19.2. The first-order chi connectivity index (χ1) is 11.4. The van der Waals surface area contributed by atoms with E-state index in [0.717, 1.165) is 10.9 Å². The minimum Gasteiger partial charge on any atom is -0.506 e. The molecule has 0 aliphatic rings. The van der Waals surface area contributed by atoms with Gasteiger partial charge in [-0.05, 0) is 0 Å². The number of hydrogen-bond donors (Lipinski definition) is 1. The lowest BCUT2D eigenvalue weighted by Crippen LogP contribution is -2.11. The van der Waals surface area contributed by atoms with E-state index in [9.17, 15) is 23.5 Å². The van der Waals surface area contributed by atoms with Gasteiger partial charge in [-0.25, -0.2) is 4.98 Å². The lowest BCUT2D eigenvalue weighted by molar-refractivity contribution is -0.141. The summed E-state index contributed by atoms with van der Waals surface area (Å²) < 4.78 is 45.4. The van der Waals surface area contributed by atoms with Crippen LogP contribution in [0.4, 0.5) is 13.2 Å². The van der Waals surface area contributed by atoms with Crippen molar-refractivity contribution in [3.8, 4) is 6.07 Å². The summed E-state index contributed by atoms with van der Waals surface area (Å²) in [7, 11) is 1.19. The van der Waals surface area contributed by atoms with Gasteiger partial charge in [0.25, 0.3) is 0 Å². The maximum absolute atomic E-state index is 13.1. The van der Waals surface area contributed by atoms with Crippen LogP contribution in [0.15, 0.2) is 10.7 Å². The van der Waals surface area contributed by atoms with E-state index in [1.807, 2.05) is 0 Å². The number of oxazole rings is 1. The van der Waals surface area contributed by atoms with Crippen molar-refractivity contribution >= 4 is 22.9 Å². The molecule has 0 atom stereocenters. The molecule has 0 aliphatic carbocycles. The molecule has 0 aromatic carbocycles. The predicted molar refractivity (Wildman–Crippen MR) is 83.5 cm³/mol. The number of nitrogens with zero attached hydrogens (tertiary/aromatic N) is 4. The number of rotatable bonds is 2. The molecule has 0 spiro atoms. The van der Waals surface area contributed by atoms with Gasteiger partial charge < -0.3 is 9.52 Å². The first kappa shape index (κ1) is 18.9. The zero-order valence-electron chi connectivity index (χ0n) is 13.7. The Bertz CT molecular complexity index is 882. The maximum atomic E-state index is 13.1. The van der Waals surface area contributed by atoms with Crippen LogP contribution in [0.1, 0.15) is 43.6 Å². The summed E-state index contributed by atoms with van der Waals surface area (Å²) in [5.74, 6) is -0.710. The molecule has 10 heteroatoms. The summed E-state index contributed by atoms with van der Waals surface area (Å²) in [6.07, 6.45) is -3.78. The average Bonchev–Trinajstić information content (AvgIpc) is 3.05. The van der Waals surface area contributed by atoms with Crippen molar-refractivity contribution in [2.75, 3.05) is 0 Å². The van der Waals surface area contributed by atoms with Crippen molar-refractivity contribution in [1.82, 2.24) is 14.8 Å². The Morgan fingerprint density at radius 3 is 2.40 bits per heavy atom. The quantitative estimate of drug-likeness (QED) is 0.624. The first-order valence-corrected chi connectivity index (χ1v) is 7.35. The van der Waals surface area contributed by atoms with Crippen LogP contribution < -0.4 is 0 Å². The lowest BCUT2D eigenvalue weighted by Gasteiger charge is -2.11. The summed E-state index contributed by atoms with van der Waals surface area (Å²) in [4.78, 5) is 4.07. The Balaban J connectivity index is 2.70. The fraction of sp³-hybridized carbons (Fsp3) is 0.400. The van der Waals surface area contributed by atoms with E-state index in [-0.39, 0.29) is 11.6 Å². The minimum atomic E-state index is -4.87. The van der Waals surface area contributed by atoms with E-state index in [2.05, 4.69) is 10.1 Å². The van der Waals surface area contributed by atoms with Crippen molar-refractivity contribution in [1.29, 1.82) is 5.26 Å². The van der Waals surface area contributed by atoms with E-state index in [0.29, 0.717) is 0 Å². The second kappa shape index (κ2) is 6.11. The monoisotopic (exact) mass is 374 g/mol. The highest BCUT2D eigenvalue weighted by Crippen LogP contribution is 2.39. The molecular formula is C15H14ClF3N4O2. The summed E-state index contributed by atoms with van der Waals surface area (Å²) in [6, 6.07) is 1.64. The number of nitriles is 1. The minimum absolute atomic E-state index is 0.0991. The number of alkyl halides is 3. The third-order valence-corrected chi connectivity index (χ3v) is 3.67. The maximum Gasteiger partial charge on any atom is 0.435 e. The highest BCUT2D eigenvalue weighted by atomic mass is 35.5. The summed E-state index contributed by atoms with van der Waals surface area (Å²) in [6.45, 7) is 5.41. The van der Waals surface area contributed by atoms with Crippen molar-refractivity contribution in [2.24, 2.45) is 7.05 Å². The highest BCUT2D eigenvalue weighted by molar-refractivity contribution is 6.31. The Morgan fingerprint density at radius 1 is 1.36 bits per heavy atom. The zero-order valence-corrected chi connectivity index (χ0v) is 14.5. The van der Waals surface area contributed by atoms with Gasteiger partial charge in [-0.2, -0.15) is 23.5 Å². The van der Waals surface area contributed by atoms with Crippen LogP contribution in [0.2, 0.25) is 5.15 Å². The van der Waals surface area contributed by atoms with Crippen LogP contribution in [0.5, 0.6) is 0 Å². The van der Waals surface area contributed by atoms with Crippen LogP contribution in [-0.4, -0.2) is 19.9 Å². The van der Waals surface area contributed by atoms with E-state index < -0.39 is 39.3 Å². The number of aliphatic hydroxyl groups is 1. The van der Waals surface area contributed by atoms with Gasteiger partial charge in [-0.15, -0.1) is 0 Å². The number of hydrogen-bond acceptors (Lipinski definition) is 5. The second-order valence-corrected chi connectivity index (χ2v) is 6.62. The molecule has 0 unspecified atom stereocenters. The fourth-order valence-electron chi connectivity index (χ4n) is 2.00. The molecule has 134 valence electrons. The van der Waals surface area contributed by atoms with Gasteiger partial charge >= 0.3 is 6.18 Å². The smallest absolute Gasteiger partial charge is 0.435 e. The number of halogens is 4. The van der Waals surface area contributed by atoms with Crippen LogP contribution in [0.25, 0.3) is 11.3 Å². The summed E-state index contributed by atoms with van der Waals surface area (Å²) in [5, 5.41) is 22.4. The molecule has 0 saturated carbocycles. The molecule has 0 saturated heterocycles. The Morgan fingerprint density at radius 2 is 1.96 bits per heavy atom. The molecule has 2 rings (SSSR count). The van der Waals surface area contributed by atoms with Crippen molar-refractivity contribution in [3.63, 3.8) is 0 Å². The fourth-order valence-corrected chi connectivity index (χ4v) is 2.22. The first-order valence-electron chi connectivity index (χ1n) is 6.97. The lowest BCUT2D eigenvalue weighted by atomic mass is 9.97. The molecule has 0 amide bonds. The van der Waals surface area contributed by atoms with Gasteiger partial charge in [0, 0.05) is 12.5 Å². The molecule has 6 nitrogen and oxygen atoms in total. The molecule has 25 heavy (non-hydrogen) atoms. The van der Waals surface area contributed by atoms with Gasteiger partial charge in [0.2, 0.25) is 0 Å². The summed E-state index contributed by atoms with van der Waals surface area (Å²) >= 11 is 5.83. The van der Waals surface area contributed by atoms with Gasteiger partial charge in [-0.3, -0.25) is 4.68 Å². The van der Waals surface area contributed by atoms with E-state index in [1.165, 1.54) is 7.05 Å². The standard InChI is InChI=1S/C15H14ClF3N4O2/c1-14(2,3)13-21-8(6-25-13)7(5-20)10(24)9-11(15(17,18)19)22-23(4)12(9)16/h6,24H,1-4H3/b10-7-. The molecule has 1 N–H and O–H groups in total. The third-order valence-electron chi connectivity index (χ3n) is 3.23. The van der Waals surface area contributed by atoms with Gasteiger partial charge in [0.1, 0.15) is 34.5 Å². The van der Waals surface area contributed by atoms with Crippen molar-refractivity contribution in [2.45, 2.75) is 32.4 Å². The highest BCUT2D eigenvalue weighted by Gasteiger charge is 2.40. The molecule has 2 aromatic rings. The van der Waals surface area contributed by atoms with Crippen molar-refractivity contribution < 1.29 is 22.7 Å². The largest absolute Gasteiger partial charge is 0.506 e. The number of aliphatic hydroxyl groups excluding tert-OH is 1. The van der Waals surface area contributed by atoms with Gasteiger partial charge in [0.15, 0.2) is 11.6 Å². The molecule has 2 heterocycles. The van der Waals surface area contributed by atoms with Crippen LogP contribution in [0, 0.1) is 11.3 Å². The predicted octanol–water partition coefficient (Wildman–Crippen LogP) is 4.33. The average molecular weight is 375 g/mol. The van der Waals surface area contributed by atoms with Crippen molar-refractivity contribution in [3.05, 3.63) is 34.3 Å². The topological polar surface area (TPSA) is 87.9 Å². The molecule has 2 aromatic heterocycles. The Hall–Kier alpha value is -2.47. The van der Waals surface area contributed by atoms with Crippen LogP contribution in [0.3, 0.4) is 0 Å². The number of aryl methyl sites for hydroxylation is 1. The normalized spacial score (nSPS) is 13.6. The molecule has 0 aliphatic heterocycles. The van der Waals surface area contributed by atoms with Gasteiger partial charge in [-0.1, -0.05) is 32.4 Å². The SMILES string of the molecule is Cn1nc(C(F)(F)F)c(/C(O)=C(\C#N)c2coc(C(C)(C)C)n2)c1Cl.